The van der Waals surface area contributed by atoms with Crippen LogP contribution >= 0.6 is 0 Å². The predicted molar refractivity (Wildman–Crippen MR) is 149 cm³/mol. The van der Waals surface area contributed by atoms with E-state index in [2.05, 4.69) is 5.32 Å². The van der Waals surface area contributed by atoms with Crippen molar-refractivity contribution in [3.8, 4) is 11.1 Å². The number of hydrogen-bond acceptors (Lipinski definition) is 5. The van der Waals surface area contributed by atoms with Gasteiger partial charge in [-0.05, 0) is 84.5 Å². The maximum Gasteiger partial charge on any atom is 0.457 e. The SMILES string of the molecule is CC(C)(C)OC(=O)C(CCCCCB1OC(C)(C)C(C)(C)O1)C(=O)Nc1cccc(-c2ccccc2)c1. The molecule has 0 saturated carbocycles. The minimum atomic E-state index is -0.878. The van der Waals surface area contributed by atoms with Crippen LogP contribution in [0.5, 0.6) is 0 Å². The number of rotatable bonds is 10. The van der Waals surface area contributed by atoms with Crippen molar-refractivity contribution in [3.63, 3.8) is 0 Å². The number of carbonyl (C=O) groups is 2. The molecule has 1 heterocycles. The summed E-state index contributed by atoms with van der Waals surface area (Å²) in [7, 11) is -0.230. The van der Waals surface area contributed by atoms with E-state index in [0.717, 1.165) is 36.7 Å². The number of anilines is 1. The van der Waals surface area contributed by atoms with Crippen LogP contribution in [0.15, 0.2) is 54.6 Å². The zero-order chi connectivity index (χ0) is 27.3. The monoisotopic (exact) mass is 507 g/mol. The summed E-state index contributed by atoms with van der Waals surface area (Å²) < 4.78 is 17.7. The number of carbonyl (C=O) groups excluding carboxylic acids is 2. The summed E-state index contributed by atoms with van der Waals surface area (Å²) in [6.07, 6.45) is 3.67. The van der Waals surface area contributed by atoms with Crippen molar-refractivity contribution in [2.45, 2.75) is 97.3 Å². The molecule has 1 N–H and O–H groups in total. The van der Waals surface area contributed by atoms with Crippen LogP contribution in [0.25, 0.3) is 11.1 Å². The van der Waals surface area contributed by atoms with Crippen molar-refractivity contribution in [1.29, 1.82) is 0 Å². The van der Waals surface area contributed by atoms with E-state index in [-0.39, 0.29) is 24.2 Å². The first-order valence-electron chi connectivity index (χ1n) is 13.3. The van der Waals surface area contributed by atoms with Gasteiger partial charge in [0.1, 0.15) is 11.5 Å². The van der Waals surface area contributed by atoms with E-state index in [1.807, 2.05) is 103 Å². The second-order valence-corrected chi connectivity index (χ2v) is 11.8. The summed E-state index contributed by atoms with van der Waals surface area (Å²) in [5.74, 6) is -1.71. The van der Waals surface area contributed by atoms with Gasteiger partial charge in [0.05, 0.1) is 11.2 Å². The highest BCUT2D eigenvalue weighted by atomic mass is 16.7. The molecule has 2 aromatic carbocycles. The van der Waals surface area contributed by atoms with Gasteiger partial charge >= 0.3 is 13.1 Å². The summed E-state index contributed by atoms with van der Waals surface area (Å²) in [4.78, 5) is 26.2. The van der Waals surface area contributed by atoms with Gasteiger partial charge in [0.25, 0.3) is 0 Å². The van der Waals surface area contributed by atoms with Gasteiger partial charge in [-0.2, -0.15) is 0 Å². The highest BCUT2D eigenvalue weighted by molar-refractivity contribution is 6.45. The molecule has 0 bridgehead atoms. The van der Waals surface area contributed by atoms with Gasteiger partial charge in [0.2, 0.25) is 5.91 Å². The molecule has 1 fully saturated rings. The number of unbranched alkanes of at least 4 members (excludes halogenated alkanes) is 2. The molecule has 1 unspecified atom stereocenters. The molecule has 2 aromatic rings. The second kappa shape index (κ2) is 11.8. The number of esters is 1. The molecule has 200 valence electrons. The van der Waals surface area contributed by atoms with Crippen molar-refractivity contribution >= 4 is 24.7 Å². The minimum absolute atomic E-state index is 0.230. The molecule has 0 aliphatic carbocycles. The van der Waals surface area contributed by atoms with Crippen LogP contribution in [0.4, 0.5) is 5.69 Å². The molecule has 37 heavy (non-hydrogen) atoms. The second-order valence-electron chi connectivity index (χ2n) is 11.8. The third kappa shape index (κ3) is 8.17. The Labute approximate surface area is 222 Å². The molecule has 1 atom stereocenters. The Balaban J connectivity index is 1.59. The van der Waals surface area contributed by atoms with Gasteiger partial charge in [-0.25, -0.2) is 0 Å². The molecule has 0 radical (unpaired) electrons. The Morgan fingerprint density at radius 1 is 0.892 bits per heavy atom. The average molecular weight is 507 g/mol. The largest absolute Gasteiger partial charge is 0.459 e. The lowest BCUT2D eigenvalue weighted by Crippen LogP contribution is -2.41. The number of benzene rings is 2. The van der Waals surface area contributed by atoms with E-state index in [1.54, 1.807) is 0 Å². The summed E-state index contributed by atoms with van der Waals surface area (Å²) in [6.45, 7) is 13.6. The van der Waals surface area contributed by atoms with E-state index in [9.17, 15) is 9.59 Å². The van der Waals surface area contributed by atoms with Crippen molar-refractivity contribution in [1.82, 2.24) is 0 Å². The summed E-state index contributed by atoms with van der Waals surface area (Å²) >= 11 is 0. The lowest BCUT2D eigenvalue weighted by atomic mass is 9.82. The summed E-state index contributed by atoms with van der Waals surface area (Å²) in [6, 6.07) is 17.6. The van der Waals surface area contributed by atoms with Gasteiger partial charge in [0, 0.05) is 5.69 Å². The van der Waals surface area contributed by atoms with Crippen LogP contribution < -0.4 is 5.32 Å². The molecular weight excluding hydrogens is 465 g/mol. The highest BCUT2D eigenvalue weighted by Gasteiger charge is 2.50. The van der Waals surface area contributed by atoms with Crippen LogP contribution in [0.1, 0.15) is 74.1 Å². The highest BCUT2D eigenvalue weighted by Crippen LogP contribution is 2.38. The van der Waals surface area contributed by atoms with Crippen LogP contribution in [-0.2, 0) is 23.6 Å². The van der Waals surface area contributed by atoms with Gasteiger partial charge in [0.15, 0.2) is 0 Å². The first-order chi connectivity index (χ1) is 17.3. The van der Waals surface area contributed by atoms with Crippen molar-refractivity contribution in [2.75, 3.05) is 5.32 Å². The lowest BCUT2D eigenvalue weighted by molar-refractivity contribution is -0.161. The standard InChI is InChI=1S/C30H42BNO5/c1-28(2,3)35-27(34)25(19-12-9-13-20-31-36-29(4,5)30(6,7)37-31)26(33)32-24-18-14-17-23(21-24)22-15-10-8-11-16-22/h8,10-11,14-18,21,25H,9,12-13,19-20H2,1-7H3,(H,32,33). The van der Waals surface area contributed by atoms with E-state index >= 15 is 0 Å². The van der Waals surface area contributed by atoms with E-state index < -0.39 is 17.5 Å². The van der Waals surface area contributed by atoms with Gasteiger partial charge in [-0.1, -0.05) is 61.7 Å². The fourth-order valence-corrected chi connectivity index (χ4v) is 4.28. The molecular formula is C30H42BNO5. The molecule has 0 aromatic heterocycles. The number of amides is 1. The third-order valence-corrected chi connectivity index (χ3v) is 6.98. The topological polar surface area (TPSA) is 73.9 Å². The molecule has 6 nitrogen and oxygen atoms in total. The zero-order valence-corrected chi connectivity index (χ0v) is 23.4. The van der Waals surface area contributed by atoms with Crippen LogP contribution in [0, 0.1) is 5.92 Å². The maximum atomic E-state index is 13.3. The minimum Gasteiger partial charge on any atom is -0.459 e. The molecule has 1 aliphatic heterocycles. The zero-order valence-electron chi connectivity index (χ0n) is 23.4. The molecule has 1 saturated heterocycles. The Bertz CT molecular complexity index is 1050. The van der Waals surface area contributed by atoms with Gasteiger partial charge < -0.3 is 19.4 Å². The first kappa shape index (κ1) is 28.9. The van der Waals surface area contributed by atoms with E-state index in [4.69, 9.17) is 14.0 Å². The van der Waals surface area contributed by atoms with Crippen molar-refractivity contribution in [3.05, 3.63) is 54.6 Å². The Morgan fingerprint density at radius 2 is 1.51 bits per heavy atom. The summed E-state index contributed by atoms with van der Waals surface area (Å²) in [5, 5.41) is 2.94. The van der Waals surface area contributed by atoms with E-state index in [1.165, 1.54) is 0 Å². The van der Waals surface area contributed by atoms with Crippen LogP contribution in [0.2, 0.25) is 6.32 Å². The van der Waals surface area contributed by atoms with Crippen LogP contribution in [-0.4, -0.2) is 35.8 Å². The predicted octanol–water partition coefficient (Wildman–Crippen LogP) is 6.90. The molecule has 0 spiro atoms. The number of ether oxygens (including phenoxy) is 1. The fourth-order valence-electron chi connectivity index (χ4n) is 4.28. The normalized spacial score (nSPS) is 17.3. The van der Waals surface area contributed by atoms with Crippen LogP contribution in [0.3, 0.4) is 0 Å². The molecule has 1 aliphatic rings. The Morgan fingerprint density at radius 3 is 2.14 bits per heavy atom. The van der Waals surface area contributed by atoms with E-state index in [0.29, 0.717) is 12.1 Å². The molecule has 7 heteroatoms. The first-order valence-corrected chi connectivity index (χ1v) is 13.3. The van der Waals surface area contributed by atoms with Gasteiger partial charge in [-0.3, -0.25) is 9.59 Å². The Kier molecular flexibility index (Phi) is 9.25. The molecule has 1 amide bonds. The van der Waals surface area contributed by atoms with Crippen molar-refractivity contribution < 1.29 is 23.6 Å². The van der Waals surface area contributed by atoms with Gasteiger partial charge in [-0.15, -0.1) is 0 Å². The maximum absolute atomic E-state index is 13.3. The Hall–Kier alpha value is -2.64. The fraction of sp³-hybridized carbons (Fsp3) is 0.533. The summed E-state index contributed by atoms with van der Waals surface area (Å²) in [5.41, 5.74) is 1.37. The van der Waals surface area contributed by atoms with Crippen molar-refractivity contribution in [2.24, 2.45) is 5.92 Å². The lowest BCUT2D eigenvalue weighted by Gasteiger charge is -2.32. The smallest absolute Gasteiger partial charge is 0.457 e. The third-order valence-electron chi connectivity index (χ3n) is 6.98. The molecule has 3 rings (SSSR count). The quantitative estimate of drug-likeness (QED) is 0.164. The number of nitrogens with one attached hydrogen (secondary N) is 1. The number of hydrogen-bond donors (Lipinski definition) is 1. The average Bonchev–Trinajstić information content (AvgIpc) is 3.01.